The number of anilines is 1. The number of carbonyl (C=O) groups is 2. The molecule has 3 rings (SSSR count). The second kappa shape index (κ2) is 7.98. The third-order valence-electron chi connectivity index (χ3n) is 4.09. The van der Waals surface area contributed by atoms with E-state index in [9.17, 15) is 9.59 Å². The zero-order valence-electron chi connectivity index (χ0n) is 14.9. The third-order valence-corrected chi connectivity index (χ3v) is 4.67. The molecule has 0 unspecified atom stereocenters. The Hall–Kier alpha value is -3.24. The standard InChI is InChI=1S/C20H17N3O3S/c1-13-9-14(27-12-21)7-8-17(13)22-19(24)11-26-20(25)16-10-23(2)18-6-4-3-5-15(16)18/h3-10H,11H2,1-2H3,(H,22,24). The molecule has 0 radical (unpaired) electrons. The molecule has 27 heavy (non-hydrogen) atoms. The molecule has 1 heterocycles. The summed E-state index contributed by atoms with van der Waals surface area (Å²) in [5.74, 6) is -0.966. The number of rotatable bonds is 5. The summed E-state index contributed by atoms with van der Waals surface area (Å²) < 4.78 is 7.02. The van der Waals surface area contributed by atoms with Crippen LogP contribution in [0.2, 0.25) is 0 Å². The molecule has 1 aromatic heterocycles. The normalized spacial score (nSPS) is 10.4. The number of thioether (sulfide) groups is 1. The molecular weight excluding hydrogens is 362 g/mol. The van der Waals surface area contributed by atoms with E-state index in [1.54, 1.807) is 18.3 Å². The fraction of sp³-hybridized carbons (Fsp3) is 0.150. The van der Waals surface area contributed by atoms with Crippen molar-refractivity contribution in [2.75, 3.05) is 11.9 Å². The van der Waals surface area contributed by atoms with Crippen LogP contribution in [0.4, 0.5) is 5.69 Å². The summed E-state index contributed by atoms with van der Waals surface area (Å²) in [7, 11) is 1.85. The fourth-order valence-electron chi connectivity index (χ4n) is 2.79. The molecular formula is C20H17N3O3S. The maximum absolute atomic E-state index is 12.4. The summed E-state index contributed by atoms with van der Waals surface area (Å²) in [5.41, 5.74) is 2.78. The van der Waals surface area contributed by atoms with E-state index in [-0.39, 0.29) is 6.61 Å². The van der Waals surface area contributed by atoms with Crippen LogP contribution >= 0.6 is 11.8 Å². The Bertz CT molecular complexity index is 1070. The molecule has 1 N–H and O–H groups in total. The number of carbonyl (C=O) groups excluding carboxylic acids is 2. The van der Waals surface area contributed by atoms with E-state index in [1.165, 1.54) is 0 Å². The van der Waals surface area contributed by atoms with Crippen molar-refractivity contribution in [1.29, 1.82) is 5.26 Å². The highest BCUT2D eigenvalue weighted by atomic mass is 32.2. The summed E-state index contributed by atoms with van der Waals surface area (Å²) >= 11 is 1.05. The first-order chi connectivity index (χ1) is 13.0. The predicted octanol–water partition coefficient (Wildman–Crippen LogP) is 3.86. The van der Waals surface area contributed by atoms with Gasteiger partial charge in [-0.15, -0.1) is 0 Å². The summed E-state index contributed by atoms with van der Waals surface area (Å²) in [6.45, 7) is 1.45. The number of amides is 1. The van der Waals surface area contributed by atoms with Crippen LogP contribution in [0.5, 0.6) is 0 Å². The van der Waals surface area contributed by atoms with Crippen molar-refractivity contribution in [3.05, 3.63) is 59.8 Å². The zero-order valence-corrected chi connectivity index (χ0v) is 15.7. The van der Waals surface area contributed by atoms with Gasteiger partial charge in [0.25, 0.3) is 5.91 Å². The smallest absolute Gasteiger partial charge is 0.340 e. The monoisotopic (exact) mass is 379 g/mol. The van der Waals surface area contributed by atoms with Crippen LogP contribution in [-0.2, 0) is 16.6 Å². The second-order valence-electron chi connectivity index (χ2n) is 5.97. The minimum Gasteiger partial charge on any atom is -0.452 e. The number of nitrogens with one attached hydrogen (secondary N) is 1. The molecule has 0 saturated carbocycles. The maximum Gasteiger partial charge on any atom is 0.340 e. The average Bonchev–Trinajstić information content (AvgIpc) is 2.99. The average molecular weight is 379 g/mol. The van der Waals surface area contributed by atoms with Crippen LogP contribution in [0, 0.1) is 17.6 Å². The van der Waals surface area contributed by atoms with Gasteiger partial charge in [0.05, 0.1) is 5.56 Å². The van der Waals surface area contributed by atoms with Gasteiger partial charge in [0.15, 0.2) is 6.61 Å². The van der Waals surface area contributed by atoms with Crippen molar-refractivity contribution in [1.82, 2.24) is 4.57 Å². The van der Waals surface area contributed by atoms with Gasteiger partial charge in [-0.05, 0) is 48.5 Å². The topological polar surface area (TPSA) is 84.1 Å². The molecule has 0 fully saturated rings. The van der Waals surface area contributed by atoms with E-state index in [0.717, 1.165) is 33.1 Å². The van der Waals surface area contributed by atoms with E-state index in [1.807, 2.05) is 54.3 Å². The number of nitrogens with zero attached hydrogens (tertiary/aromatic N) is 2. The van der Waals surface area contributed by atoms with Gasteiger partial charge in [-0.2, -0.15) is 5.26 Å². The molecule has 7 heteroatoms. The molecule has 136 valence electrons. The van der Waals surface area contributed by atoms with E-state index in [0.29, 0.717) is 11.3 Å². The summed E-state index contributed by atoms with van der Waals surface area (Å²) in [4.78, 5) is 25.3. The quantitative estimate of drug-likeness (QED) is 0.413. The number of benzene rings is 2. The number of ether oxygens (including phenoxy) is 1. The highest BCUT2D eigenvalue weighted by molar-refractivity contribution is 8.03. The number of aromatic nitrogens is 1. The number of hydrogen-bond acceptors (Lipinski definition) is 5. The summed E-state index contributed by atoms with van der Waals surface area (Å²) in [6.07, 6.45) is 1.70. The van der Waals surface area contributed by atoms with Crippen LogP contribution < -0.4 is 5.32 Å². The Labute approximate surface area is 160 Å². The molecule has 6 nitrogen and oxygen atoms in total. The third kappa shape index (κ3) is 4.13. The van der Waals surface area contributed by atoms with Crippen LogP contribution in [0.15, 0.2) is 53.6 Å². The van der Waals surface area contributed by atoms with Crippen molar-refractivity contribution in [2.24, 2.45) is 7.05 Å². The van der Waals surface area contributed by atoms with E-state index < -0.39 is 11.9 Å². The van der Waals surface area contributed by atoms with Gasteiger partial charge in [0.2, 0.25) is 0 Å². The SMILES string of the molecule is Cc1cc(SC#N)ccc1NC(=O)COC(=O)c1cn(C)c2ccccc12. The molecule has 0 saturated heterocycles. The molecule has 3 aromatic rings. The Morgan fingerprint density at radius 1 is 1.26 bits per heavy atom. The highest BCUT2D eigenvalue weighted by Gasteiger charge is 2.16. The van der Waals surface area contributed by atoms with Crippen molar-refractivity contribution in [2.45, 2.75) is 11.8 Å². The molecule has 0 bridgehead atoms. The number of hydrogen-bond donors (Lipinski definition) is 1. The lowest BCUT2D eigenvalue weighted by Gasteiger charge is -2.09. The van der Waals surface area contributed by atoms with Crippen molar-refractivity contribution >= 4 is 40.2 Å². The van der Waals surface area contributed by atoms with Crippen molar-refractivity contribution in [3.63, 3.8) is 0 Å². The van der Waals surface area contributed by atoms with Gasteiger partial charge >= 0.3 is 5.97 Å². The first-order valence-electron chi connectivity index (χ1n) is 8.17. The van der Waals surface area contributed by atoms with Gasteiger partial charge in [-0.25, -0.2) is 4.79 Å². The van der Waals surface area contributed by atoms with E-state index in [4.69, 9.17) is 10.00 Å². The first-order valence-corrected chi connectivity index (χ1v) is 8.99. The van der Waals surface area contributed by atoms with Crippen molar-refractivity contribution < 1.29 is 14.3 Å². The molecule has 0 spiro atoms. The number of para-hydroxylation sites is 1. The first kappa shape index (κ1) is 18.5. The number of fused-ring (bicyclic) bond motifs is 1. The van der Waals surface area contributed by atoms with Gasteiger partial charge in [-0.3, -0.25) is 4.79 Å². The molecule has 2 aromatic carbocycles. The van der Waals surface area contributed by atoms with E-state index >= 15 is 0 Å². The lowest BCUT2D eigenvalue weighted by molar-refractivity contribution is -0.119. The summed E-state index contributed by atoms with van der Waals surface area (Å²) in [6, 6.07) is 12.8. The Morgan fingerprint density at radius 3 is 2.78 bits per heavy atom. The van der Waals surface area contributed by atoms with Crippen molar-refractivity contribution in [3.8, 4) is 5.40 Å². The van der Waals surface area contributed by atoms with Crippen LogP contribution in [-0.4, -0.2) is 23.1 Å². The van der Waals surface area contributed by atoms with Gasteiger partial charge < -0.3 is 14.6 Å². The molecule has 0 aliphatic rings. The highest BCUT2D eigenvalue weighted by Crippen LogP contribution is 2.23. The fourth-order valence-corrected chi connectivity index (χ4v) is 3.27. The Kier molecular flexibility index (Phi) is 5.48. The van der Waals surface area contributed by atoms with Gasteiger partial charge in [0.1, 0.15) is 5.40 Å². The maximum atomic E-state index is 12.4. The molecule has 1 amide bonds. The number of aryl methyl sites for hydroxylation is 2. The predicted molar refractivity (Wildman–Crippen MR) is 104 cm³/mol. The van der Waals surface area contributed by atoms with Crippen LogP contribution in [0.25, 0.3) is 10.9 Å². The molecule has 0 aliphatic heterocycles. The lowest BCUT2D eigenvalue weighted by Crippen LogP contribution is -2.21. The van der Waals surface area contributed by atoms with Gasteiger partial charge in [-0.1, -0.05) is 18.2 Å². The Balaban J connectivity index is 1.64. The van der Waals surface area contributed by atoms with Gasteiger partial charge in [0, 0.05) is 34.7 Å². The largest absolute Gasteiger partial charge is 0.452 e. The van der Waals surface area contributed by atoms with Crippen LogP contribution in [0.3, 0.4) is 0 Å². The molecule has 0 atom stereocenters. The minimum absolute atomic E-state index is 0.379. The number of nitriles is 1. The van der Waals surface area contributed by atoms with E-state index in [2.05, 4.69) is 5.32 Å². The number of thiocyanates is 1. The second-order valence-corrected chi connectivity index (χ2v) is 6.82. The Morgan fingerprint density at radius 2 is 2.04 bits per heavy atom. The summed E-state index contributed by atoms with van der Waals surface area (Å²) in [5, 5.41) is 14.2. The minimum atomic E-state index is -0.542. The molecule has 0 aliphatic carbocycles. The lowest BCUT2D eigenvalue weighted by atomic mass is 10.2. The number of esters is 1. The zero-order chi connectivity index (χ0) is 19.4. The van der Waals surface area contributed by atoms with Crippen LogP contribution in [0.1, 0.15) is 15.9 Å².